The Morgan fingerprint density at radius 1 is 1.33 bits per heavy atom. The molecule has 12 heavy (non-hydrogen) atoms. The molecule has 0 saturated heterocycles. The van der Waals surface area contributed by atoms with Crippen molar-refractivity contribution in [2.75, 3.05) is 6.54 Å². The molecule has 0 aromatic heterocycles. The standard InChI is InChI=1S/C7H9NO4/c9-6(10)4-2-1-3-8-5(4)7(11)12/h1-2,4-5,8H,3H2,(H,9,10)(H,11,12)/t4?,5-/m0/s1. The molecular weight excluding hydrogens is 162 g/mol. The first kappa shape index (κ1) is 8.73. The Kier molecular flexibility index (Phi) is 2.44. The van der Waals surface area contributed by atoms with Crippen molar-refractivity contribution in [2.45, 2.75) is 6.04 Å². The van der Waals surface area contributed by atoms with E-state index in [9.17, 15) is 9.59 Å². The summed E-state index contributed by atoms with van der Waals surface area (Å²) in [5.74, 6) is -3.21. The number of nitrogens with one attached hydrogen (secondary N) is 1. The van der Waals surface area contributed by atoms with Gasteiger partial charge in [0.15, 0.2) is 0 Å². The Labute approximate surface area is 68.7 Å². The second kappa shape index (κ2) is 3.36. The van der Waals surface area contributed by atoms with E-state index in [0.29, 0.717) is 6.54 Å². The molecule has 5 heteroatoms. The van der Waals surface area contributed by atoms with Gasteiger partial charge in [0.2, 0.25) is 0 Å². The largest absolute Gasteiger partial charge is 0.481 e. The van der Waals surface area contributed by atoms with Gasteiger partial charge in [-0.05, 0) is 0 Å². The molecule has 1 heterocycles. The van der Waals surface area contributed by atoms with Crippen molar-refractivity contribution in [1.82, 2.24) is 5.32 Å². The Balaban J connectivity index is 2.79. The summed E-state index contributed by atoms with van der Waals surface area (Å²) in [6.07, 6.45) is 3.01. The molecule has 5 nitrogen and oxygen atoms in total. The van der Waals surface area contributed by atoms with Crippen LogP contribution in [0.3, 0.4) is 0 Å². The van der Waals surface area contributed by atoms with Crippen LogP contribution < -0.4 is 5.32 Å². The molecule has 1 rings (SSSR count). The van der Waals surface area contributed by atoms with Gasteiger partial charge in [-0.3, -0.25) is 14.9 Å². The lowest BCUT2D eigenvalue weighted by Crippen LogP contribution is -2.47. The predicted molar refractivity (Wildman–Crippen MR) is 39.7 cm³/mol. The average Bonchev–Trinajstić information content (AvgIpc) is 2.04. The van der Waals surface area contributed by atoms with E-state index in [1.165, 1.54) is 6.08 Å². The molecule has 3 N–H and O–H groups in total. The van der Waals surface area contributed by atoms with Gasteiger partial charge in [-0.2, -0.15) is 0 Å². The van der Waals surface area contributed by atoms with E-state index in [1.807, 2.05) is 0 Å². The fourth-order valence-electron chi connectivity index (χ4n) is 1.11. The summed E-state index contributed by atoms with van der Waals surface area (Å²) in [4.78, 5) is 21.0. The maximum absolute atomic E-state index is 10.5. The van der Waals surface area contributed by atoms with E-state index in [4.69, 9.17) is 10.2 Å². The zero-order chi connectivity index (χ0) is 9.14. The van der Waals surface area contributed by atoms with Crippen molar-refractivity contribution >= 4 is 11.9 Å². The van der Waals surface area contributed by atoms with E-state index in [0.717, 1.165) is 0 Å². The highest BCUT2D eigenvalue weighted by molar-refractivity contribution is 5.84. The van der Waals surface area contributed by atoms with Crippen molar-refractivity contribution in [3.05, 3.63) is 12.2 Å². The third-order valence-electron chi connectivity index (χ3n) is 1.71. The molecular formula is C7H9NO4. The van der Waals surface area contributed by atoms with E-state index < -0.39 is 23.9 Å². The number of carboxylic acids is 2. The first-order valence-electron chi connectivity index (χ1n) is 3.48. The molecule has 66 valence electrons. The summed E-state index contributed by atoms with van der Waals surface area (Å²) >= 11 is 0. The highest BCUT2D eigenvalue weighted by Crippen LogP contribution is 2.10. The average molecular weight is 171 g/mol. The second-order valence-corrected chi connectivity index (χ2v) is 2.52. The number of hydrogen-bond donors (Lipinski definition) is 3. The quantitative estimate of drug-likeness (QED) is 0.478. The minimum absolute atomic E-state index is 0.404. The van der Waals surface area contributed by atoms with Gasteiger partial charge in [-0.1, -0.05) is 12.2 Å². The van der Waals surface area contributed by atoms with Crippen LogP contribution in [0, 0.1) is 5.92 Å². The molecule has 0 aromatic carbocycles. The number of aliphatic carboxylic acids is 2. The van der Waals surface area contributed by atoms with Crippen LogP contribution in [0.1, 0.15) is 0 Å². The number of carbonyl (C=O) groups is 2. The molecule has 0 radical (unpaired) electrons. The van der Waals surface area contributed by atoms with Gasteiger partial charge in [-0.15, -0.1) is 0 Å². The minimum atomic E-state index is -1.13. The number of hydrogen-bond acceptors (Lipinski definition) is 3. The summed E-state index contributed by atoms with van der Waals surface area (Å²) in [5.41, 5.74) is 0. The van der Waals surface area contributed by atoms with Crippen molar-refractivity contribution in [1.29, 1.82) is 0 Å². The highest BCUT2D eigenvalue weighted by atomic mass is 16.4. The van der Waals surface area contributed by atoms with Gasteiger partial charge < -0.3 is 10.2 Å². The van der Waals surface area contributed by atoms with Gasteiger partial charge >= 0.3 is 11.9 Å². The van der Waals surface area contributed by atoms with E-state index in [-0.39, 0.29) is 0 Å². The highest BCUT2D eigenvalue weighted by Gasteiger charge is 2.32. The van der Waals surface area contributed by atoms with Crippen molar-refractivity contribution < 1.29 is 19.8 Å². The third kappa shape index (κ3) is 1.62. The van der Waals surface area contributed by atoms with Crippen LogP contribution in [0.5, 0.6) is 0 Å². The van der Waals surface area contributed by atoms with E-state index in [1.54, 1.807) is 6.08 Å². The topological polar surface area (TPSA) is 86.6 Å². The molecule has 0 bridgehead atoms. The monoisotopic (exact) mass is 171 g/mol. The van der Waals surface area contributed by atoms with Gasteiger partial charge in [0.25, 0.3) is 0 Å². The fourth-order valence-corrected chi connectivity index (χ4v) is 1.11. The molecule has 0 aromatic rings. The third-order valence-corrected chi connectivity index (χ3v) is 1.71. The first-order chi connectivity index (χ1) is 5.63. The van der Waals surface area contributed by atoms with Crippen molar-refractivity contribution in [3.8, 4) is 0 Å². The smallest absolute Gasteiger partial charge is 0.321 e. The van der Waals surface area contributed by atoms with Crippen molar-refractivity contribution in [2.24, 2.45) is 5.92 Å². The van der Waals surface area contributed by atoms with E-state index >= 15 is 0 Å². The van der Waals surface area contributed by atoms with Crippen LogP contribution in [0.25, 0.3) is 0 Å². The molecule has 2 atom stereocenters. The van der Waals surface area contributed by atoms with Crippen LogP contribution >= 0.6 is 0 Å². The SMILES string of the molecule is O=C(O)C1C=CCN[C@@H]1C(=O)O. The summed E-state index contributed by atoms with van der Waals surface area (Å²) in [6, 6.07) is -1.01. The fraction of sp³-hybridized carbons (Fsp3) is 0.429. The molecule has 1 unspecified atom stereocenters. The Bertz CT molecular complexity index is 236. The number of rotatable bonds is 2. The van der Waals surface area contributed by atoms with Crippen LogP contribution in [0.15, 0.2) is 12.2 Å². The maximum Gasteiger partial charge on any atom is 0.321 e. The summed E-state index contributed by atoms with van der Waals surface area (Å²) in [6.45, 7) is 0.404. The molecule has 0 fully saturated rings. The Morgan fingerprint density at radius 2 is 2.00 bits per heavy atom. The lowest BCUT2D eigenvalue weighted by atomic mass is 9.97. The summed E-state index contributed by atoms with van der Waals surface area (Å²) in [5, 5.41) is 19.8. The predicted octanol–water partition coefficient (Wildman–Crippen LogP) is -0.700. The maximum atomic E-state index is 10.5. The molecule has 1 aliphatic heterocycles. The second-order valence-electron chi connectivity index (χ2n) is 2.52. The van der Waals surface area contributed by atoms with Crippen LogP contribution in [0.2, 0.25) is 0 Å². The lowest BCUT2D eigenvalue weighted by molar-refractivity contribution is -0.149. The van der Waals surface area contributed by atoms with Gasteiger partial charge in [0, 0.05) is 6.54 Å². The zero-order valence-corrected chi connectivity index (χ0v) is 6.23. The Hall–Kier alpha value is -1.36. The molecule has 1 aliphatic rings. The number of carboxylic acid groups (broad SMARTS) is 2. The van der Waals surface area contributed by atoms with Crippen molar-refractivity contribution in [3.63, 3.8) is 0 Å². The summed E-state index contributed by atoms with van der Waals surface area (Å²) in [7, 11) is 0. The first-order valence-corrected chi connectivity index (χ1v) is 3.48. The Morgan fingerprint density at radius 3 is 2.42 bits per heavy atom. The van der Waals surface area contributed by atoms with Crippen LogP contribution in [0.4, 0.5) is 0 Å². The van der Waals surface area contributed by atoms with Gasteiger partial charge in [0.1, 0.15) is 12.0 Å². The normalized spacial score (nSPS) is 28.3. The molecule has 0 amide bonds. The van der Waals surface area contributed by atoms with E-state index in [2.05, 4.69) is 5.32 Å². The molecule has 0 saturated carbocycles. The van der Waals surface area contributed by atoms with Crippen LogP contribution in [-0.2, 0) is 9.59 Å². The van der Waals surface area contributed by atoms with Crippen LogP contribution in [-0.4, -0.2) is 34.7 Å². The van der Waals surface area contributed by atoms with Gasteiger partial charge in [-0.25, -0.2) is 0 Å². The molecule has 0 aliphatic carbocycles. The minimum Gasteiger partial charge on any atom is -0.481 e. The zero-order valence-electron chi connectivity index (χ0n) is 6.23. The lowest BCUT2D eigenvalue weighted by Gasteiger charge is -2.21. The van der Waals surface area contributed by atoms with Gasteiger partial charge in [0.05, 0.1) is 0 Å². The molecule has 0 spiro atoms. The summed E-state index contributed by atoms with van der Waals surface area (Å²) < 4.78 is 0.